The maximum Gasteiger partial charge on any atom is 0.306 e. The highest BCUT2D eigenvalue weighted by atomic mass is 16.5. The smallest absolute Gasteiger partial charge is 0.306 e. The van der Waals surface area contributed by atoms with Gasteiger partial charge in [0, 0.05) is 6.42 Å². The number of hydrogen-bond donors (Lipinski definition) is 3. The number of esters is 1. The minimum atomic E-state index is -0.796. The number of rotatable bonds is 44. The van der Waals surface area contributed by atoms with Crippen LogP contribution in [0.2, 0.25) is 0 Å². The van der Waals surface area contributed by atoms with E-state index < -0.39 is 18.2 Å². The van der Waals surface area contributed by atoms with Crippen molar-refractivity contribution in [2.45, 2.75) is 264 Å². The highest BCUT2D eigenvalue weighted by Crippen LogP contribution is 2.17. The quantitative estimate of drug-likeness (QED) is 0.0323. The first kappa shape index (κ1) is 55.8. The van der Waals surface area contributed by atoms with Crippen LogP contribution in [0.15, 0.2) is 48.6 Å². The third-order valence-corrected chi connectivity index (χ3v) is 11.3. The van der Waals surface area contributed by atoms with E-state index in [0.29, 0.717) is 19.3 Å². The standard InChI is InChI=1S/C52H95NO5/c1-4-7-10-13-16-19-22-24-25-26-27-29-31-34-37-40-43-48(58-52(57)45-42-39-36-33-28-21-18-15-12-9-6-3)46-51(56)53-49(47-54)50(55)44-41-38-35-32-30-23-20-17-14-11-8-5-2/h16,19,22,24-27,29,48-50,54-55H,4-15,17-18,20-21,23,28,30-47H2,1-3H3,(H,53,56)/b19-16+,24-22+,26-25+,29-27+. The van der Waals surface area contributed by atoms with Crippen LogP contribution in [0.1, 0.15) is 245 Å². The second-order valence-corrected chi connectivity index (χ2v) is 17.0. The van der Waals surface area contributed by atoms with Gasteiger partial charge in [0.2, 0.25) is 5.91 Å². The molecule has 0 aliphatic carbocycles. The van der Waals surface area contributed by atoms with E-state index in [0.717, 1.165) is 70.6 Å². The first-order chi connectivity index (χ1) is 28.5. The first-order valence-electron chi connectivity index (χ1n) is 24.9. The summed E-state index contributed by atoms with van der Waals surface area (Å²) in [5, 5.41) is 23.7. The number of aliphatic hydroxyl groups is 2. The predicted molar refractivity (Wildman–Crippen MR) is 250 cm³/mol. The second kappa shape index (κ2) is 45.9. The van der Waals surface area contributed by atoms with E-state index in [-0.39, 0.29) is 24.9 Å². The van der Waals surface area contributed by atoms with Crippen LogP contribution in [-0.2, 0) is 14.3 Å². The van der Waals surface area contributed by atoms with Crippen molar-refractivity contribution in [1.29, 1.82) is 0 Å². The number of unbranched alkanes of at least 4 members (excludes halogenated alkanes) is 27. The van der Waals surface area contributed by atoms with Crippen LogP contribution in [0, 0.1) is 0 Å². The molecule has 0 radical (unpaired) electrons. The fraction of sp³-hybridized carbons (Fsp3) is 0.808. The minimum Gasteiger partial charge on any atom is -0.462 e. The summed E-state index contributed by atoms with van der Waals surface area (Å²) in [6, 6.07) is -0.712. The molecule has 338 valence electrons. The van der Waals surface area contributed by atoms with Gasteiger partial charge in [-0.25, -0.2) is 0 Å². The topological polar surface area (TPSA) is 95.9 Å². The molecule has 0 aromatic heterocycles. The maximum atomic E-state index is 13.2. The Labute approximate surface area is 359 Å². The number of hydrogen-bond acceptors (Lipinski definition) is 5. The molecule has 0 bridgehead atoms. The second-order valence-electron chi connectivity index (χ2n) is 17.0. The average molecular weight is 814 g/mol. The van der Waals surface area contributed by atoms with Gasteiger partial charge in [0.15, 0.2) is 0 Å². The molecular weight excluding hydrogens is 719 g/mol. The summed E-state index contributed by atoms with van der Waals surface area (Å²) in [4.78, 5) is 26.1. The molecule has 0 saturated heterocycles. The van der Waals surface area contributed by atoms with Gasteiger partial charge in [-0.2, -0.15) is 0 Å². The van der Waals surface area contributed by atoms with E-state index in [9.17, 15) is 19.8 Å². The lowest BCUT2D eigenvalue weighted by Gasteiger charge is -2.24. The average Bonchev–Trinajstić information content (AvgIpc) is 3.22. The van der Waals surface area contributed by atoms with Crippen LogP contribution >= 0.6 is 0 Å². The van der Waals surface area contributed by atoms with Crippen molar-refractivity contribution in [3.63, 3.8) is 0 Å². The van der Waals surface area contributed by atoms with E-state index in [1.54, 1.807) is 0 Å². The van der Waals surface area contributed by atoms with Crippen molar-refractivity contribution < 1.29 is 24.5 Å². The van der Waals surface area contributed by atoms with Gasteiger partial charge in [-0.15, -0.1) is 0 Å². The number of carbonyl (C=O) groups excluding carboxylic acids is 2. The fourth-order valence-electron chi connectivity index (χ4n) is 7.44. The molecule has 3 atom stereocenters. The highest BCUT2D eigenvalue weighted by molar-refractivity contribution is 5.77. The molecule has 0 aromatic carbocycles. The number of aliphatic hydroxyl groups excluding tert-OH is 2. The predicted octanol–water partition coefficient (Wildman–Crippen LogP) is 14.7. The molecule has 0 spiro atoms. The van der Waals surface area contributed by atoms with E-state index in [1.807, 2.05) is 6.08 Å². The van der Waals surface area contributed by atoms with Gasteiger partial charge in [0.25, 0.3) is 0 Å². The lowest BCUT2D eigenvalue weighted by atomic mass is 10.0. The van der Waals surface area contributed by atoms with Gasteiger partial charge in [-0.1, -0.05) is 230 Å². The van der Waals surface area contributed by atoms with Gasteiger partial charge in [-0.3, -0.25) is 9.59 Å². The Balaban J connectivity index is 4.68. The van der Waals surface area contributed by atoms with Gasteiger partial charge >= 0.3 is 5.97 Å². The van der Waals surface area contributed by atoms with Crippen LogP contribution in [0.25, 0.3) is 0 Å². The molecular formula is C52H95NO5. The van der Waals surface area contributed by atoms with Gasteiger partial charge < -0.3 is 20.3 Å². The zero-order chi connectivity index (χ0) is 42.4. The zero-order valence-corrected chi connectivity index (χ0v) is 38.4. The molecule has 1 amide bonds. The van der Waals surface area contributed by atoms with Crippen molar-refractivity contribution in [3.05, 3.63) is 48.6 Å². The molecule has 0 aliphatic heterocycles. The number of allylic oxidation sites excluding steroid dienone is 8. The van der Waals surface area contributed by atoms with E-state index in [2.05, 4.69) is 68.6 Å². The molecule has 0 aliphatic rings. The summed E-state index contributed by atoms with van der Waals surface area (Å²) in [6.45, 7) is 6.42. The van der Waals surface area contributed by atoms with Crippen LogP contribution in [0.3, 0.4) is 0 Å². The Morgan fingerprint density at radius 1 is 0.500 bits per heavy atom. The third kappa shape index (κ3) is 40.6. The molecule has 3 N–H and O–H groups in total. The van der Waals surface area contributed by atoms with Gasteiger partial charge in [-0.05, 0) is 51.4 Å². The minimum absolute atomic E-state index is 0.0535. The van der Waals surface area contributed by atoms with Crippen LogP contribution in [-0.4, -0.2) is 46.9 Å². The molecule has 3 unspecified atom stereocenters. The molecule has 0 heterocycles. The number of carbonyl (C=O) groups is 2. The first-order valence-corrected chi connectivity index (χ1v) is 24.9. The van der Waals surface area contributed by atoms with E-state index in [1.165, 1.54) is 128 Å². The van der Waals surface area contributed by atoms with E-state index in [4.69, 9.17) is 4.74 Å². The molecule has 0 rings (SSSR count). The largest absolute Gasteiger partial charge is 0.462 e. The Bertz CT molecular complexity index is 1000. The summed E-state index contributed by atoms with van der Waals surface area (Å²) in [6.07, 6.45) is 54.5. The lowest BCUT2D eigenvalue weighted by molar-refractivity contribution is -0.151. The Morgan fingerprint density at radius 3 is 1.36 bits per heavy atom. The number of ether oxygens (including phenoxy) is 1. The van der Waals surface area contributed by atoms with Crippen molar-refractivity contribution in [2.75, 3.05) is 6.61 Å². The molecule has 6 nitrogen and oxygen atoms in total. The lowest BCUT2D eigenvalue weighted by Crippen LogP contribution is -2.46. The summed E-state index contributed by atoms with van der Waals surface area (Å²) in [5.74, 6) is -0.508. The Morgan fingerprint density at radius 2 is 0.879 bits per heavy atom. The maximum absolute atomic E-state index is 13.2. The normalized spacial score (nSPS) is 13.7. The Hall–Kier alpha value is -2.18. The fourth-order valence-corrected chi connectivity index (χ4v) is 7.44. The summed E-state index contributed by atoms with van der Waals surface area (Å²) in [7, 11) is 0. The molecule has 58 heavy (non-hydrogen) atoms. The van der Waals surface area contributed by atoms with Crippen molar-refractivity contribution in [2.24, 2.45) is 0 Å². The van der Waals surface area contributed by atoms with Crippen LogP contribution in [0.4, 0.5) is 0 Å². The van der Waals surface area contributed by atoms with Crippen LogP contribution < -0.4 is 5.32 Å². The Kier molecular flexibility index (Phi) is 44.2. The molecule has 0 aromatic rings. The number of nitrogens with one attached hydrogen (secondary N) is 1. The zero-order valence-electron chi connectivity index (χ0n) is 38.4. The number of amides is 1. The van der Waals surface area contributed by atoms with Crippen molar-refractivity contribution in [3.8, 4) is 0 Å². The van der Waals surface area contributed by atoms with Gasteiger partial charge in [0.05, 0.1) is 25.2 Å². The third-order valence-electron chi connectivity index (χ3n) is 11.3. The van der Waals surface area contributed by atoms with Crippen molar-refractivity contribution in [1.82, 2.24) is 5.32 Å². The molecule has 6 heteroatoms. The monoisotopic (exact) mass is 814 g/mol. The van der Waals surface area contributed by atoms with E-state index >= 15 is 0 Å². The SMILES string of the molecule is CCCCC/C=C/C=C/C=C/C=C/CCCCCC(CC(=O)NC(CO)C(O)CCCCCCCCCCCCCC)OC(=O)CCCCCCCCCCCCC. The highest BCUT2D eigenvalue weighted by Gasteiger charge is 2.24. The van der Waals surface area contributed by atoms with Crippen LogP contribution in [0.5, 0.6) is 0 Å². The summed E-state index contributed by atoms with van der Waals surface area (Å²) >= 11 is 0. The summed E-state index contributed by atoms with van der Waals surface area (Å²) in [5.41, 5.74) is 0. The molecule has 0 fully saturated rings. The molecule has 0 saturated carbocycles. The van der Waals surface area contributed by atoms with Crippen molar-refractivity contribution >= 4 is 11.9 Å². The van der Waals surface area contributed by atoms with Gasteiger partial charge in [0.1, 0.15) is 6.10 Å². The summed E-state index contributed by atoms with van der Waals surface area (Å²) < 4.78 is 5.90.